The Labute approximate surface area is 99.9 Å². The van der Waals surface area contributed by atoms with Crippen LogP contribution in [0.4, 0.5) is 0 Å². The fourth-order valence-corrected chi connectivity index (χ4v) is 4.23. The Hall–Kier alpha value is -0.0900. The molecule has 0 aliphatic heterocycles. The molecular formula is C12H25NO2S. The van der Waals surface area contributed by atoms with Gasteiger partial charge >= 0.3 is 0 Å². The Morgan fingerprint density at radius 3 is 2.19 bits per heavy atom. The molecule has 3 nitrogen and oxygen atoms in total. The highest BCUT2D eigenvalue weighted by Gasteiger charge is 2.32. The van der Waals surface area contributed by atoms with Crippen LogP contribution in [0.3, 0.4) is 0 Å². The maximum Gasteiger partial charge on any atom is 0.156 e. The molecule has 0 saturated heterocycles. The molecule has 4 heteroatoms. The lowest BCUT2D eigenvalue weighted by atomic mass is 10.2. The van der Waals surface area contributed by atoms with Crippen molar-refractivity contribution in [2.24, 2.45) is 5.92 Å². The molecule has 0 amide bonds. The molecule has 1 fully saturated rings. The highest BCUT2D eigenvalue weighted by molar-refractivity contribution is 7.92. The standard InChI is InChI=1S/C12H25NO2S/c1-10(2)8-13-9-11(3)16(14,15)12-6-4-5-7-12/h10-13H,4-9H2,1-3H3. The summed E-state index contributed by atoms with van der Waals surface area (Å²) in [7, 11) is -2.90. The van der Waals surface area contributed by atoms with Crippen LogP contribution in [0.2, 0.25) is 0 Å². The van der Waals surface area contributed by atoms with Gasteiger partial charge < -0.3 is 5.32 Å². The van der Waals surface area contributed by atoms with Gasteiger partial charge in [-0.05, 0) is 32.2 Å². The lowest BCUT2D eigenvalue weighted by Gasteiger charge is -2.19. The number of sulfone groups is 1. The number of rotatable bonds is 6. The Morgan fingerprint density at radius 2 is 1.69 bits per heavy atom. The molecule has 1 aliphatic carbocycles. The Morgan fingerprint density at radius 1 is 1.12 bits per heavy atom. The Kier molecular flexibility index (Phi) is 5.25. The van der Waals surface area contributed by atoms with Crippen LogP contribution in [0.1, 0.15) is 46.5 Å². The van der Waals surface area contributed by atoms with E-state index < -0.39 is 9.84 Å². The van der Waals surface area contributed by atoms with Crippen molar-refractivity contribution in [2.45, 2.75) is 57.0 Å². The maximum atomic E-state index is 12.2. The average Bonchev–Trinajstić information content (AvgIpc) is 2.69. The summed E-state index contributed by atoms with van der Waals surface area (Å²) in [6, 6.07) is 0. The van der Waals surface area contributed by atoms with E-state index in [4.69, 9.17) is 0 Å². The highest BCUT2D eigenvalue weighted by Crippen LogP contribution is 2.27. The second-order valence-electron chi connectivity index (χ2n) is 5.36. The third kappa shape index (κ3) is 3.74. The summed E-state index contributed by atoms with van der Waals surface area (Å²) in [6.45, 7) is 7.58. The van der Waals surface area contributed by atoms with E-state index in [1.165, 1.54) is 0 Å². The minimum atomic E-state index is -2.90. The highest BCUT2D eigenvalue weighted by atomic mass is 32.2. The zero-order chi connectivity index (χ0) is 12.2. The van der Waals surface area contributed by atoms with E-state index in [2.05, 4.69) is 19.2 Å². The number of hydrogen-bond donors (Lipinski definition) is 1. The van der Waals surface area contributed by atoms with E-state index in [0.29, 0.717) is 12.5 Å². The first-order chi connectivity index (χ1) is 7.44. The predicted octanol–water partition coefficient (Wildman–Crippen LogP) is 1.98. The smallest absolute Gasteiger partial charge is 0.156 e. The summed E-state index contributed by atoms with van der Waals surface area (Å²) in [5.74, 6) is 0.571. The van der Waals surface area contributed by atoms with Crippen molar-refractivity contribution in [2.75, 3.05) is 13.1 Å². The third-order valence-corrected chi connectivity index (χ3v) is 6.00. The molecule has 0 aromatic heterocycles. The normalized spacial score (nSPS) is 20.5. The van der Waals surface area contributed by atoms with Crippen molar-refractivity contribution < 1.29 is 8.42 Å². The summed E-state index contributed by atoms with van der Waals surface area (Å²) in [6.07, 6.45) is 3.90. The average molecular weight is 247 g/mol. The van der Waals surface area contributed by atoms with Gasteiger partial charge in [0, 0.05) is 6.54 Å². The summed E-state index contributed by atoms with van der Waals surface area (Å²) in [4.78, 5) is 0. The molecule has 1 N–H and O–H groups in total. The summed E-state index contributed by atoms with van der Waals surface area (Å²) < 4.78 is 24.3. The van der Waals surface area contributed by atoms with Crippen LogP contribution in [-0.4, -0.2) is 32.0 Å². The van der Waals surface area contributed by atoms with Gasteiger partial charge in [0.05, 0.1) is 10.5 Å². The number of nitrogens with one attached hydrogen (secondary N) is 1. The van der Waals surface area contributed by atoms with Crippen LogP contribution in [0.15, 0.2) is 0 Å². The predicted molar refractivity (Wildman–Crippen MR) is 68.3 cm³/mol. The monoisotopic (exact) mass is 247 g/mol. The fraction of sp³-hybridized carbons (Fsp3) is 1.00. The zero-order valence-corrected chi connectivity index (χ0v) is 11.5. The van der Waals surface area contributed by atoms with Gasteiger partial charge in [0.1, 0.15) is 0 Å². The van der Waals surface area contributed by atoms with E-state index in [-0.39, 0.29) is 10.5 Å². The second-order valence-corrected chi connectivity index (χ2v) is 8.01. The molecule has 1 rings (SSSR count). The molecular weight excluding hydrogens is 222 g/mol. The van der Waals surface area contributed by atoms with Crippen LogP contribution in [0.5, 0.6) is 0 Å². The summed E-state index contributed by atoms with van der Waals surface area (Å²) >= 11 is 0. The lowest BCUT2D eigenvalue weighted by Crippen LogP contribution is -2.37. The Bertz CT molecular complexity index is 292. The topological polar surface area (TPSA) is 46.2 Å². The Balaban J connectivity index is 2.42. The van der Waals surface area contributed by atoms with Crippen LogP contribution in [0, 0.1) is 5.92 Å². The van der Waals surface area contributed by atoms with Gasteiger partial charge in [-0.25, -0.2) is 8.42 Å². The van der Waals surface area contributed by atoms with Gasteiger partial charge in [-0.1, -0.05) is 26.7 Å². The summed E-state index contributed by atoms with van der Waals surface area (Å²) in [5, 5.41) is 2.93. The van der Waals surface area contributed by atoms with Crippen LogP contribution >= 0.6 is 0 Å². The van der Waals surface area contributed by atoms with E-state index >= 15 is 0 Å². The zero-order valence-electron chi connectivity index (χ0n) is 10.7. The molecule has 1 unspecified atom stereocenters. The first kappa shape index (κ1) is 14.0. The van der Waals surface area contributed by atoms with E-state index in [0.717, 1.165) is 32.2 Å². The van der Waals surface area contributed by atoms with Crippen LogP contribution < -0.4 is 5.32 Å². The first-order valence-electron chi connectivity index (χ1n) is 6.38. The van der Waals surface area contributed by atoms with Crippen molar-refractivity contribution in [3.8, 4) is 0 Å². The minimum absolute atomic E-state index is 0.0663. The van der Waals surface area contributed by atoms with Gasteiger partial charge in [0.2, 0.25) is 0 Å². The molecule has 0 aromatic carbocycles. The van der Waals surface area contributed by atoms with Crippen molar-refractivity contribution in [3.05, 3.63) is 0 Å². The fourth-order valence-electron chi connectivity index (χ4n) is 2.24. The molecule has 0 bridgehead atoms. The van der Waals surface area contributed by atoms with Gasteiger partial charge in [-0.2, -0.15) is 0 Å². The van der Waals surface area contributed by atoms with Gasteiger partial charge in [0.15, 0.2) is 9.84 Å². The van der Waals surface area contributed by atoms with Crippen molar-refractivity contribution in [3.63, 3.8) is 0 Å². The molecule has 1 aliphatic rings. The van der Waals surface area contributed by atoms with Crippen LogP contribution in [0.25, 0.3) is 0 Å². The molecule has 0 heterocycles. The third-order valence-electron chi connectivity index (χ3n) is 3.31. The van der Waals surface area contributed by atoms with Gasteiger partial charge in [0.25, 0.3) is 0 Å². The molecule has 1 saturated carbocycles. The van der Waals surface area contributed by atoms with Crippen molar-refractivity contribution in [1.29, 1.82) is 0 Å². The van der Waals surface area contributed by atoms with E-state index in [1.807, 2.05) is 6.92 Å². The van der Waals surface area contributed by atoms with Crippen LogP contribution in [-0.2, 0) is 9.84 Å². The van der Waals surface area contributed by atoms with Gasteiger partial charge in [-0.15, -0.1) is 0 Å². The first-order valence-corrected chi connectivity index (χ1v) is 7.99. The van der Waals surface area contributed by atoms with E-state index in [9.17, 15) is 8.42 Å². The SMILES string of the molecule is CC(C)CNCC(C)S(=O)(=O)C1CCCC1. The molecule has 16 heavy (non-hydrogen) atoms. The molecule has 96 valence electrons. The maximum absolute atomic E-state index is 12.2. The van der Waals surface area contributed by atoms with E-state index in [1.54, 1.807) is 0 Å². The lowest BCUT2D eigenvalue weighted by molar-refractivity contribution is 0.529. The van der Waals surface area contributed by atoms with Crippen molar-refractivity contribution >= 4 is 9.84 Å². The summed E-state index contributed by atoms with van der Waals surface area (Å²) in [5.41, 5.74) is 0. The minimum Gasteiger partial charge on any atom is -0.315 e. The molecule has 0 radical (unpaired) electrons. The quantitative estimate of drug-likeness (QED) is 0.780. The second kappa shape index (κ2) is 6.01. The largest absolute Gasteiger partial charge is 0.315 e. The van der Waals surface area contributed by atoms with Crippen molar-refractivity contribution in [1.82, 2.24) is 5.32 Å². The van der Waals surface area contributed by atoms with Gasteiger partial charge in [-0.3, -0.25) is 0 Å². The molecule has 0 aromatic rings. The molecule has 0 spiro atoms. The molecule has 1 atom stereocenters. The number of hydrogen-bond acceptors (Lipinski definition) is 3.